The third-order valence-electron chi connectivity index (χ3n) is 2.36. The van der Waals surface area contributed by atoms with Gasteiger partial charge in [-0.2, -0.15) is 13.2 Å². The normalized spacial score (nSPS) is 13.5. The summed E-state index contributed by atoms with van der Waals surface area (Å²) in [5.74, 6) is -4.93. The van der Waals surface area contributed by atoms with Gasteiger partial charge in [0.05, 0.1) is 23.5 Å². The predicted molar refractivity (Wildman–Crippen MR) is 60.6 cm³/mol. The molecule has 0 aliphatic carbocycles. The zero-order valence-electron chi connectivity index (χ0n) is 10.2. The van der Waals surface area contributed by atoms with Crippen LogP contribution in [0.2, 0.25) is 0 Å². The van der Waals surface area contributed by atoms with Crippen molar-refractivity contribution in [1.82, 2.24) is 4.72 Å². The molecular weight excluding hydrogens is 326 g/mol. The molecule has 0 aliphatic rings. The van der Waals surface area contributed by atoms with Crippen molar-refractivity contribution in [1.29, 1.82) is 0 Å². The highest BCUT2D eigenvalue weighted by molar-refractivity contribution is 7.89. The van der Waals surface area contributed by atoms with E-state index in [1.165, 1.54) is 4.72 Å². The monoisotopic (exact) mass is 336 g/mol. The van der Waals surface area contributed by atoms with Crippen LogP contribution < -0.4 is 10.5 Å². The van der Waals surface area contributed by atoms with Crippen LogP contribution >= 0.6 is 0 Å². The highest BCUT2D eigenvalue weighted by Gasteiger charge is 2.38. The van der Waals surface area contributed by atoms with Gasteiger partial charge in [-0.1, -0.05) is 0 Å². The van der Waals surface area contributed by atoms with Crippen molar-refractivity contribution in [2.45, 2.75) is 17.0 Å². The molecule has 0 atom stereocenters. The van der Waals surface area contributed by atoms with E-state index < -0.39 is 51.5 Å². The van der Waals surface area contributed by atoms with Crippen molar-refractivity contribution in [2.24, 2.45) is 5.73 Å². The molecule has 120 valence electrons. The summed E-state index contributed by atoms with van der Waals surface area (Å²) in [7, 11) is -4.91. The Morgan fingerprint density at radius 1 is 1.14 bits per heavy atom. The van der Waals surface area contributed by atoms with E-state index in [0.29, 0.717) is 12.1 Å². The molecule has 0 amide bonds. The second kappa shape index (κ2) is 5.81. The van der Waals surface area contributed by atoms with Crippen molar-refractivity contribution in [3.8, 4) is 0 Å². The summed E-state index contributed by atoms with van der Waals surface area (Å²) in [4.78, 5) is -1.34. The van der Waals surface area contributed by atoms with Crippen molar-refractivity contribution in [2.75, 3.05) is 13.1 Å². The van der Waals surface area contributed by atoms with Crippen LogP contribution in [0.3, 0.4) is 0 Å². The topological polar surface area (TPSA) is 72.2 Å². The second-order valence-electron chi connectivity index (χ2n) is 4.02. The van der Waals surface area contributed by atoms with E-state index in [4.69, 9.17) is 0 Å². The fraction of sp³-hybridized carbons (Fsp3) is 0.400. The number of hydrogen-bond donors (Lipinski definition) is 2. The molecule has 0 heterocycles. The van der Waals surface area contributed by atoms with Crippen LogP contribution in [0.5, 0.6) is 0 Å². The third kappa shape index (κ3) is 4.58. The van der Waals surface area contributed by atoms with E-state index in [2.05, 4.69) is 5.73 Å². The van der Waals surface area contributed by atoms with Gasteiger partial charge in [-0.25, -0.2) is 26.3 Å². The zero-order chi connectivity index (χ0) is 16.5. The van der Waals surface area contributed by atoms with Crippen LogP contribution in [0, 0.1) is 5.82 Å². The standard InChI is InChI=1S/C10H10F6N2O2S/c11-6-1-2-8(7(3-6)10(14,15)16)21(19,20)18-5-9(12,13)4-17/h1-3,18H,4-5,17H2. The smallest absolute Gasteiger partial charge is 0.325 e. The van der Waals surface area contributed by atoms with Gasteiger partial charge < -0.3 is 5.73 Å². The van der Waals surface area contributed by atoms with Gasteiger partial charge in [0, 0.05) is 0 Å². The first-order valence-electron chi connectivity index (χ1n) is 5.33. The Hall–Kier alpha value is -1.33. The molecule has 0 bridgehead atoms. The molecule has 0 radical (unpaired) electrons. The average Bonchev–Trinajstić information content (AvgIpc) is 2.35. The van der Waals surface area contributed by atoms with Crippen LogP contribution in [0.1, 0.15) is 5.56 Å². The van der Waals surface area contributed by atoms with Crippen molar-refractivity contribution >= 4 is 10.0 Å². The molecule has 21 heavy (non-hydrogen) atoms. The predicted octanol–water partition coefficient (Wildman–Crippen LogP) is 1.72. The van der Waals surface area contributed by atoms with Crippen molar-refractivity contribution in [3.63, 3.8) is 0 Å². The third-order valence-corrected chi connectivity index (χ3v) is 3.82. The number of halogens is 6. The molecular formula is C10H10F6N2O2S. The van der Waals surface area contributed by atoms with Crippen LogP contribution in [-0.4, -0.2) is 27.4 Å². The van der Waals surface area contributed by atoms with E-state index >= 15 is 0 Å². The van der Waals surface area contributed by atoms with E-state index in [1.54, 1.807) is 0 Å². The van der Waals surface area contributed by atoms with Gasteiger partial charge >= 0.3 is 6.18 Å². The first kappa shape index (κ1) is 17.7. The van der Waals surface area contributed by atoms with E-state index in [-0.39, 0.29) is 6.07 Å². The minimum Gasteiger partial charge on any atom is -0.325 e. The second-order valence-corrected chi connectivity index (χ2v) is 5.76. The average molecular weight is 336 g/mol. The molecule has 4 nitrogen and oxygen atoms in total. The lowest BCUT2D eigenvalue weighted by atomic mass is 10.2. The summed E-state index contributed by atoms with van der Waals surface area (Å²) >= 11 is 0. The molecule has 0 saturated heterocycles. The SMILES string of the molecule is NCC(F)(F)CNS(=O)(=O)c1ccc(F)cc1C(F)(F)F. The Morgan fingerprint density at radius 2 is 1.71 bits per heavy atom. The summed E-state index contributed by atoms with van der Waals surface area (Å²) in [6.07, 6.45) is -5.16. The van der Waals surface area contributed by atoms with Crippen molar-refractivity contribution in [3.05, 3.63) is 29.6 Å². The summed E-state index contributed by atoms with van der Waals surface area (Å²) in [5, 5.41) is 0. The minimum absolute atomic E-state index is 0.0321. The Kier molecular flexibility index (Phi) is 4.90. The maximum absolute atomic E-state index is 12.9. The first-order chi connectivity index (χ1) is 9.39. The molecule has 0 unspecified atom stereocenters. The maximum Gasteiger partial charge on any atom is 0.417 e. The highest BCUT2D eigenvalue weighted by atomic mass is 32.2. The Morgan fingerprint density at radius 3 is 2.19 bits per heavy atom. The Balaban J connectivity index is 3.21. The quantitative estimate of drug-likeness (QED) is 0.804. The first-order valence-corrected chi connectivity index (χ1v) is 6.82. The van der Waals surface area contributed by atoms with Crippen LogP contribution in [0.25, 0.3) is 0 Å². The number of nitrogens with one attached hydrogen (secondary N) is 1. The number of rotatable bonds is 5. The number of sulfonamides is 1. The summed E-state index contributed by atoms with van der Waals surface area (Å²) in [5.41, 5.74) is 2.89. The summed E-state index contributed by atoms with van der Waals surface area (Å²) in [6.45, 7) is -2.66. The summed E-state index contributed by atoms with van der Waals surface area (Å²) in [6, 6.07) is 0.793. The van der Waals surface area contributed by atoms with Gasteiger partial charge in [0.2, 0.25) is 10.0 Å². The molecule has 1 rings (SSSR count). The Labute approximate surface area is 116 Å². The Bertz CT molecular complexity index is 614. The zero-order valence-corrected chi connectivity index (χ0v) is 11.0. The molecule has 1 aromatic carbocycles. The molecule has 3 N–H and O–H groups in total. The molecule has 0 spiro atoms. The molecule has 0 saturated carbocycles. The molecule has 0 aliphatic heterocycles. The maximum atomic E-state index is 12.9. The number of benzene rings is 1. The van der Waals surface area contributed by atoms with E-state index in [0.717, 1.165) is 0 Å². The van der Waals surface area contributed by atoms with Gasteiger partial charge in [0.1, 0.15) is 5.82 Å². The number of alkyl halides is 5. The van der Waals surface area contributed by atoms with E-state index in [9.17, 15) is 34.8 Å². The lowest BCUT2D eigenvalue weighted by Crippen LogP contribution is -2.41. The minimum atomic E-state index is -5.16. The molecule has 1 aromatic rings. The number of hydrogen-bond acceptors (Lipinski definition) is 3. The van der Waals surface area contributed by atoms with Gasteiger partial charge in [-0.05, 0) is 18.2 Å². The lowest BCUT2D eigenvalue weighted by molar-refractivity contribution is -0.140. The fourth-order valence-electron chi connectivity index (χ4n) is 1.31. The molecule has 0 aromatic heterocycles. The largest absolute Gasteiger partial charge is 0.417 e. The van der Waals surface area contributed by atoms with Crippen LogP contribution in [-0.2, 0) is 16.2 Å². The van der Waals surface area contributed by atoms with Gasteiger partial charge in [-0.15, -0.1) is 0 Å². The fourth-order valence-corrected chi connectivity index (χ4v) is 2.58. The molecule has 11 heteroatoms. The summed E-state index contributed by atoms with van der Waals surface area (Å²) < 4.78 is 101. The number of nitrogens with two attached hydrogens (primary N) is 1. The van der Waals surface area contributed by atoms with Crippen molar-refractivity contribution < 1.29 is 34.8 Å². The molecule has 0 fully saturated rings. The van der Waals surface area contributed by atoms with Gasteiger partial charge in [0.15, 0.2) is 0 Å². The van der Waals surface area contributed by atoms with Crippen LogP contribution in [0.4, 0.5) is 26.3 Å². The lowest BCUT2D eigenvalue weighted by Gasteiger charge is -2.17. The van der Waals surface area contributed by atoms with E-state index in [1.807, 2.05) is 0 Å². The highest BCUT2D eigenvalue weighted by Crippen LogP contribution is 2.34. The van der Waals surface area contributed by atoms with Gasteiger partial charge in [0.25, 0.3) is 5.92 Å². The van der Waals surface area contributed by atoms with Crippen LogP contribution in [0.15, 0.2) is 23.1 Å². The van der Waals surface area contributed by atoms with Gasteiger partial charge in [-0.3, -0.25) is 0 Å².